The van der Waals surface area contributed by atoms with Gasteiger partial charge in [-0.3, -0.25) is 19.3 Å². The number of nitrogens with zero attached hydrogens (tertiary/aromatic N) is 1. The van der Waals surface area contributed by atoms with Gasteiger partial charge in [-0.1, -0.05) is 24.6 Å². The van der Waals surface area contributed by atoms with Crippen LogP contribution in [0.15, 0.2) is 18.2 Å². The third-order valence-electron chi connectivity index (χ3n) is 2.81. The number of hydrogen-bond donors (Lipinski definition) is 0. The fourth-order valence-electron chi connectivity index (χ4n) is 1.99. The van der Waals surface area contributed by atoms with Crippen LogP contribution in [0, 0.1) is 0 Å². The second-order valence-corrected chi connectivity index (χ2v) is 4.55. The highest BCUT2D eigenvalue weighted by molar-refractivity contribution is 6.55. The predicted molar refractivity (Wildman–Crippen MR) is 68.1 cm³/mol. The van der Waals surface area contributed by atoms with Crippen molar-refractivity contribution in [1.29, 1.82) is 0 Å². The topological polar surface area (TPSA) is 54.5 Å². The molecule has 2 rings (SSSR count). The van der Waals surface area contributed by atoms with Gasteiger partial charge in [0.05, 0.1) is 22.8 Å². The lowest BCUT2D eigenvalue weighted by Crippen LogP contribution is -2.34. The van der Waals surface area contributed by atoms with E-state index in [0.717, 1.165) is 6.42 Å². The number of carbonyl (C=O) groups excluding carboxylic acids is 3. The van der Waals surface area contributed by atoms with Crippen molar-refractivity contribution in [3.63, 3.8) is 0 Å². The highest BCUT2D eigenvalue weighted by Gasteiger charge is 2.37. The number of amides is 1. The Morgan fingerprint density at radius 3 is 2.72 bits per heavy atom. The van der Waals surface area contributed by atoms with Gasteiger partial charge in [-0.05, 0) is 18.6 Å². The minimum absolute atomic E-state index is 0.0634. The van der Waals surface area contributed by atoms with Gasteiger partial charge in [0, 0.05) is 6.42 Å². The summed E-state index contributed by atoms with van der Waals surface area (Å²) in [4.78, 5) is 36.4. The molecule has 4 nitrogen and oxygen atoms in total. The summed E-state index contributed by atoms with van der Waals surface area (Å²) in [5.41, 5.74) is 0.635. The zero-order chi connectivity index (χ0) is 13.3. The van der Waals surface area contributed by atoms with Gasteiger partial charge in [0.15, 0.2) is 5.78 Å². The number of hydrogen-bond acceptors (Lipinski definition) is 3. The lowest BCUT2D eigenvalue weighted by Gasteiger charge is -2.15. The molecule has 0 atom stereocenters. The Labute approximate surface area is 110 Å². The van der Waals surface area contributed by atoms with Crippen molar-refractivity contribution in [1.82, 2.24) is 0 Å². The maximum atomic E-state index is 11.8. The van der Waals surface area contributed by atoms with E-state index < -0.39 is 11.7 Å². The maximum absolute atomic E-state index is 11.8. The molecule has 0 bridgehead atoms. The molecule has 0 fully saturated rings. The summed E-state index contributed by atoms with van der Waals surface area (Å²) in [6.07, 6.45) is 1.12. The first-order valence-corrected chi connectivity index (χ1v) is 6.10. The molecule has 0 saturated heterocycles. The third kappa shape index (κ3) is 2.04. The lowest BCUT2D eigenvalue weighted by molar-refractivity contribution is -0.120. The van der Waals surface area contributed by atoms with Crippen LogP contribution < -0.4 is 4.90 Å². The predicted octanol–water partition coefficient (Wildman–Crippen LogP) is 2.24. The van der Waals surface area contributed by atoms with Gasteiger partial charge in [0.25, 0.3) is 11.7 Å². The molecule has 0 saturated carbocycles. The Bertz CT molecular complexity index is 539. The van der Waals surface area contributed by atoms with Crippen molar-refractivity contribution in [2.24, 2.45) is 0 Å². The molecule has 0 aliphatic carbocycles. The summed E-state index contributed by atoms with van der Waals surface area (Å²) in [5.74, 6) is -1.38. The Balaban J connectivity index is 2.35. The highest BCUT2D eigenvalue weighted by atomic mass is 35.5. The number of fused-ring (bicyclic) bond motifs is 1. The molecule has 0 unspecified atom stereocenters. The second-order valence-electron chi connectivity index (χ2n) is 4.14. The summed E-state index contributed by atoms with van der Waals surface area (Å²) in [6, 6.07) is 4.84. The number of ketones is 2. The summed E-state index contributed by atoms with van der Waals surface area (Å²) in [7, 11) is 0. The molecule has 1 aromatic rings. The van der Waals surface area contributed by atoms with Crippen molar-refractivity contribution in [3.05, 3.63) is 28.8 Å². The summed E-state index contributed by atoms with van der Waals surface area (Å²) in [6.45, 7) is 1.82. The van der Waals surface area contributed by atoms with E-state index in [0.29, 0.717) is 12.1 Å². The van der Waals surface area contributed by atoms with Crippen LogP contribution in [-0.2, 0) is 9.59 Å². The number of carbonyl (C=O) groups is 3. The van der Waals surface area contributed by atoms with E-state index in [9.17, 15) is 14.4 Å². The number of halogens is 1. The first kappa shape index (κ1) is 12.8. The second kappa shape index (κ2) is 4.90. The van der Waals surface area contributed by atoms with E-state index in [1.165, 1.54) is 4.90 Å². The van der Waals surface area contributed by atoms with Crippen LogP contribution in [0.1, 0.15) is 30.1 Å². The maximum Gasteiger partial charge on any atom is 0.299 e. The van der Waals surface area contributed by atoms with Gasteiger partial charge >= 0.3 is 0 Å². The van der Waals surface area contributed by atoms with Crippen molar-refractivity contribution in [2.45, 2.75) is 19.8 Å². The van der Waals surface area contributed by atoms with Gasteiger partial charge in [-0.2, -0.15) is 0 Å². The first-order valence-electron chi connectivity index (χ1n) is 5.72. The van der Waals surface area contributed by atoms with Crippen molar-refractivity contribution >= 4 is 34.8 Å². The first-order chi connectivity index (χ1) is 8.56. The Morgan fingerprint density at radius 2 is 2.06 bits per heavy atom. The number of Topliss-reactive ketones (excluding diaryl/α,β-unsaturated/α-hetero) is 2. The van der Waals surface area contributed by atoms with Gasteiger partial charge in [-0.25, -0.2) is 0 Å². The van der Waals surface area contributed by atoms with Crippen LogP contribution >= 0.6 is 11.6 Å². The summed E-state index contributed by atoms with van der Waals surface area (Å²) < 4.78 is 0. The molecule has 94 valence electrons. The minimum atomic E-state index is -0.678. The van der Waals surface area contributed by atoms with Crippen LogP contribution in [0.5, 0.6) is 0 Å². The molecule has 5 heteroatoms. The van der Waals surface area contributed by atoms with Crippen molar-refractivity contribution < 1.29 is 14.4 Å². The van der Waals surface area contributed by atoms with Crippen LogP contribution in [0.3, 0.4) is 0 Å². The molecule has 0 N–H and O–H groups in total. The largest absolute Gasteiger partial charge is 0.299 e. The molecule has 0 aromatic heterocycles. The van der Waals surface area contributed by atoms with E-state index in [-0.39, 0.29) is 22.9 Å². The van der Waals surface area contributed by atoms with Crippen molar-refractivity contribution in [3.8, 4) is 0 Å². The summed E-state index contributed by atoms with van der Waals surface area (Å²) in [5, 5.41) is 0.247. The molecular weight excluding hydrogens is 254 g/mol. The average molecular weight is 266 g/mol. The van der Waals surface area contributed by atoms with E-state index in [2.05, 4.69) is 0 Å². The lowest BCUT2D eigenvalue weighted by atomic mass is 10.1. The smallest absolute Gasteiger partial charge is 0.298 e. The Kier molecular flexibility index (Phi) is 3.48. The molecule has 18 heavy (non-hydrogen) atoms. The molecule has 1 aliphatic rings. The van der Waals surface area contributed by atoms with E-state index in [4.69, 9.17) is 11.6 Å². The van der Waals surface area contributed by atoms with Gasteiger partial charge in [-0.15, -0.1) is 0 Å². The SMILES string of the molecule is CCCC(=O)CN1C(=O)C(=O)c2c(Cl)cccc21. The third-order valence-corrected chi connectivity index (χ3v) is 3.13. The van der Waals surface area contributed by atoms with Crippen molar-refractivity contribution in [2.75, 3.05) is 11.4 Å². The molecule has 0 spiro atoms. The van der Waals surface area contributed by atoms with Gasteiger partial charge in [0.2, 0.25) is 0 Å². The van der Waals surface area contributed by atoms with E-state index >= 15 is 0 Å². The molecule has 1 aliphatic heterocycles. The molecule has 1 heterocycles. The number of benzene rings is 1. The zero-order valence-corrected chi connectivity index (χ0v) is 10.7. The highest BCUT2D eigenvalue weighted by Crippen LogP contribution is 2.33. The van der Waals surface area contributed by atoms with Crippen LogP contribution in [0.4, 0.5) is 5.69 Å². The molecule has 1 amide bonds. The van der Waals surface area contributed by atoms with Crippen LogP contribution in [0.25, 0.3) is 0 Å². The minimum Gasteiger partial charge on any atom is -0.298 e. The number of anilines is 1. The monoisotopic (exact) mass is 265 g/mol. The standard InChI is InChI=1S/C13H12ClNO3/c1-2-4-8(16)7-15-10-6-3-5-9(14)11(10)12(17)13(15)18/h3,5-6H,2,4,7H2,1H3. The normalized spacial score (nSPS) is 14.0. The van der Waals surface area contributed by atoms with Crippen LogP contribution in [0.2, 0.25) is 5.02 Å². The fraction of sp³-hybridized carbons (Fsp3) is 0.308. The quantitative estimate of drug-likeness (QED) is 0.785. The Morgan fingerprint density at radius 1 is 1.33 bits per heavy atom. The van der Waals surface area contributed by atoms with Gasteiger partial charge in [0.1, 0.15) is 0 Å². The van der Waals surface area contributed by atoms with E-state index in [1.54, 1.807) is 18.2 Å². The fourth-order valence-corrected chi connectivity index (χ4v) is 2.25. The van der Waals surface area contributed by atoms with Gasteiger partial charge < -0.3 is 0 Å². The number of rotatable bonds is 4. The molecule has 1 aromatic carbocycles. The summed E-state index contributed by atoms with van der Waals surface area (Å²) >= 11 is 5.91. The molecular formula is C13H12ClNO3. The Hall–Kier alpha value is -1.68. The average Bonchev–Trinajstić information content (AvgIpc) is 2.56. The molecule has 0 radical (unpaired) electrons. The van der Waals surface area contributed by atoms with E-state index in [1.807, 2.05) is 6.92 Å². The zero-order valence-electron chi connectivity index (χ0n) is 9.90. The van der Waals surface area contributed by atoms with Crippen LogP contribution in [-0.4, -0.2) is 24.0 Å².